The van der Waals surface area contributed by atoms with Gasteiger partial charge in [0.15, 0.2) is 6.10 Å². The smallest absolute Gasteiger partial charge is 0.339 e. The average molecular weight is 1100 g/mol. The van der Waals surface area contributed by atoms with E-state index in [2.05, 4.69) is 28.4 Å². The number of hydrogen-bond donors (Lipinski definition) is 2. The number of fused-ring (bicyclic) bond motifs is 3. The fraction of sp³-hybridized carbons (Fsp3) is 0.672. The molecule has 1 aromatic carbocycles. The number of esters is 2. The average Bonchev–Trinajstić information content (AvgIpc) is 3.38. The monoisotopic (exact) mass is 1100 g/mol. The number of Topliss-reactive ketones (excluding diaryl/α,β-unsaturated/α-hetero) is 2. The lowest BCUT2D eigenvalue weighted by Gasteiger charge is -2.47. The molecule has 2 bridgehead atoms. The number of aliphatic hydroxyl groups is 2. The number of rotatable bonds is 15. The third-order valence-corrected chi connectivity index (χ3v) is 16.0. The van der Waals surface area contributed by atoms with Crippen molar-refractivity contribution in [1.29, 1.82) is 0 Å². The summed E-state index contributed by atoms with van der Waals surface area (Å²) in [5.41, 5.74) is 2.18. The molecule has 1 aliphatic carbocycles. The zero-order valence-electron chi connectivity index (χ0n) is 44.8. The molecule has 0 radical (unpaired) electrons. The molecule has 15 nitrogen and oxygen atoms in total. The Kier molecular flexibility index (Phi) is 23.8. The number of amides is 1. The highest BCUT2D eigenvalue weighted by Gasteiger charge is 2.56. The zero-order chi connectivity index (χ0) is 54.3. The number of unbranched alkanes of at least 4 members (excludes halogenated alkanes) is 2. The maximum atomic E-state index is 14.7. The summed E-state index contributed by atoms with van der Waals surface area (Å²) in [6, 6.07) is 6.11. The molecule has 0 spiro atoms. The second-order valence-corrected chi connectivity index (χ2v) is 22.1. The molecule has 5 rings (SSSR count). The van der Waals surface area contributed by atoms with E-state index in [9.17, 15) is 34.2 Å². The minimum atomic E-state index is -2.55. The molecule has 2 saturated heterocycles. The number of ether oxygens (including phenoxy) is 7. The van der Waals surface area contributed by atoms with Crippen LogP contribution in [-0.4, -0.2) is 134 Å². The van der Waals surface area contributed by atoms with E-state index in [1.54, 1.807) is 27.0 Å². The summed E-state index contributed by atoms with van der Waals surface area (Å²) < 4.78 is 43.7. The number of cyclic esters (lactones) is 1. The van der Waals surface area contributed by atoms with Crippen LogP contribution in [0.5, 0.6) is 0 Å². The first-order valence-electron chi connectivity index (χ1n) is 26.5. The van der Waals surface area contributed by atoms with Gasteiger partial charge in [-0.25, -0.2) is 9.59 Å². The first-order chi connectivity index (χ1) is 35.3. The van der Waals surface area contributed by atoms with Gasteiger partial charge in [-0.1, -0.05) is 72.6 Å². The molecule has 2 N–H and O–H groups in total. The van der Waals surface area contributed by atoms with Crippen LogP contribution >= 0.6 is 15.9 Å². The van der Waals surface area contributed by atoms with E-state index in [4.69, 9.17) is 39.6 Å². The predicted octanol–water partition coefficient (Wildman–Crippen LogP) is 8.51. The normalized spacial score (nSPS) is 34.5. The Balaban J connectivity index is 1.47. The van der Waals surface area contributed by atoms with E-state index >= 15 is 0 Å². The maximum absolute atomic E-state index is 14.7. The fourth-order valence-corrected chi connectivity index (χ4v) is 11.5. The summed E-state index contributed by atoms with van der Waals surface area (Å²) in [7, 11) is 4.64. The molecule has 3 aliphatic heterocycles. The number of hydrogen-bond acceptors (Lipinski definition) is 14. The van der Waals surface area contributed by atoms with Crippen LogP contribution < -0.4 is 0 Å². The van der Waals surface area contributed by atoms with Gasteiger partial charge in [0.25, 0.3) is 11.7 Å². The van der Waals surface area contributed by atoms with Crippen LogP contribution in [0.25, 0.3) is 0 Å². The number of terminal acetylenes is 1. The van der Waals surface area contributed by atoms with Crippen molar-refractivity contribution in [2.24, 2.45) is 29.6 Å². The van der Waals surface area contributed by atoms with Crippen molar-refractivity contribution in [3.63, 3.8) is 0 Å². The number of piperidine rings is 1. The summed E-state index contributed by atoms with van der Waals surface area (Å²) in [4.78, 5) is 72.6. The number of ketones is 2. The van der Waals surface area contributed by atoms with Crippen molar-refractivity contribution in [3.8, 4) is 12.3 Å². The van der Waals surface area contributed by atoms with Crippen molar-refractivity contribution in [3.05, 3.63) is 70.3 Å². The van der Waals surface area contributed by atoms with Gasteiger partial charge in [0, 0.05) is 62.9 Å². The molecule has 1 saturated carbocycles. The number of nitrogens with zero attached hydrogens (tertiary/aromatic N) is 1. The lowest BCUT2D eigenvalue weighted by molar-refractivity contribution is -0.302. The quantitative estimate of drug-likeness (QED) is 0.0558. The Labute approximate surface area is 447 Å². The van der Waals surface area contributed by atoms with E-state index in [1.165, 1.54) is 19.1 Å². The third-order valence-electron chi connectivity index (χ3n) is 15.5. The number of carbonyl (C=O) groups is 5. The molecule has 1 unspecified atom stereocenters. The van der Waals surface area contributed by atoms with Crippen LogP contribution in [0.3, 0.4) is 0 Å². The molecule has 1 aromatic rings. The van der Waals surface area contributed by atoms with Crippen LogP contribution in [0.4, 0.5) is 0 Å². The number of halogens is 1. The topological polar surface area (TPSA) is 194 Å². The molecule has 3 fully saturated rings. The highest BCUT2D eigenvalue weighted by atomic mass is 79.9. The number of allylic oxidation sites excluding steroid dienone is 4. The molecule has 74 heavy (non-hydrogen) atoms. The van der Waals surface area contributed by atoms with Gasteiger partial charge in [-0.05, 0) is 126 Å². The zero-order valence-corrected chi connectivity index (χ0v) is 46.4. The molecular formula is C58H82BrNO14. The summed E-state index contributed by atoms with van der Waals surface area (Å²) in [6.07, 6.45) is 10.6. The summed E-state index contributed by atoms with van der Waals surface area (Å²) in [5.74, 6) is -6.10. The standard InChI is InChI=1S/C58H82BrNO14/c1-11-13-14-17-27-71-57(66)52(41-21-23-43(59)24-22-41)72-47-25-20-40(33-48(47)68-8)31-37(5)51-39(7)45(61)34-46(62)42(18-12-2)29-35(3)28-36(4)30-49(69-9)53-50(70-10)32-38(6)58(67,74-53)54(63)55(64)60-26-16-15-19-44(60)56(65)73-51/h1,12,21-24,29,31,36,38-40,42,44-45,47-53,61,67H,2,13-20,25-28,30,32-34H2,3-10H3/b35-29+,37-31+/t36-,38+,39+,40-,42+,44-,45-,47+,48+,49-,50-,51+,52?,53+,58+/m0/s1. The van der Waals surface area contributed by atoms with Crippen molar-refractivity contribution in [2.75, 3.05) is 34.5 Å². The molecule has 410 valence electrons. The van der Waals surface area contributed by atoms with Crippen molar-refractivity contribution in [1.82, 2.24) is 4.90 Å². The summed E-state index contributed by atoms with van der Waals surface area (Å²) in [6.45, 7) is 13.3. The SMILES string of the molecule is C#CCCCCOC(=O)C(O[C@@H]1CC[C@@H](/C=C(\C)[C@H]2OC(=O)[C@@H]3CCCCN3C(=O)C(=O)[C@]3(O)O[C@H]([C@@H](OC)C[C@@H](C)C/C(C)=C/[C@@H](CC=C)C(=O)C[C@H](O)[C@H]2C)[C@@H](OC)C[C@H]3C)C[C@H]1OC)c1ccc(Br)cc1. The maximum Gasteiger partial charge on any atom is 0.339 e. The van der Waals surface area contributed by atoms with Gasteiger partial charge in [0.2, 0.25) is 5.79 Å². The Morgan fingerprint density at radius 1 is 0.959 bits per heavy atom. The minimum Gasteiger partial charge on any atom is -0.464 e. The van der Waals surface area contributed by atoms with Crippen molar-refractivity contribution in [2.45, 2.75) is 185 Å². The van der Waals surface area contributed by atoms with E-state index in [0.717, 1.165) is 16.5 Å². The van der Waals surface area contributed by atoms with Crippen LogP contribution in [0, 0.1) is 41.9 Å². The Morgan fingerprint density at radius 2 is 1.65 bits per heavy atom. The molecule has 3 heterocycles. The predicted molar refractivity (Wildman–Crippen MR) is 282 cm³/mol. The second kappa shape index (κ2) is 28.9. The van der Waals surface area contributed by atoms with Crippen LogP contribution in [-0.2, 0) is 57.1 Å². The highest BCUT2D eigenvalue weighted by Crippen LogP contribution is 2.40. The van der Waals surface area contributed by atoms with Gasteiger partial charge in [0.05, 0.1) is 37.1 Å². The Hall–Kier alpha value is -4.05. The lowest BCUT2D eigenvalue weighted by Crippen LogP contribution is -2.64. The summed E-state index contributed by atoms with van der Waals surface area (Å²) >= 11 is 3.47. The van der Waals surface area contributed by atoms with Crippen molar-refractivity contribution < 1.29 is 67.3 Å². The molecule has 15 atom stereocenters. The number of aliphatic hydroxyl groups excluding tert-OH is 1. The fourth-order valence-electron chi connectivity index (χ4n) is 11.2. The summed E-state index contributed by atoms with van der Waals surface area (Å²) in [5, 5.41) is 24.2. The first kappa shape index (κ1) is 60.8. The molecule has 0 aromatic heterocycles. The number of benzene rings is 1. The van der Waals surface area contributed by atoms with Crippen LogP contribution in [0.1, 0.15) is 136 Å². The van der Waals surface area contributed by atoms with Crippen molar-refractivity contribution >= 4 is 45.3 Å². The molecule has 1 amide bonds. The van der Waals surface area contributed by atoms with E-state index in [-0.39, 0.29) is 50.0 Å². The second-order valence-electron chi connectivity index (χ2n) is 21.1. The van der Waals surface area contributed by atoms with Gasteiger partial charge in [-0.3, -0.25) is 14.4 Å². The van der Waals surface area contributed by atoms with Gasteiger partial charge >= 0.3 is 11.9 Å². The molecular weight excluding hydrogens is 1010 g/mol. The van der Waals surface area contributed by atoms with Crippen LogP contribution in [0.15, 0.2) is 64.7 Å². The molecule has 16 heteroatoms. The van der Waals surface area contributed by atoms with Gasteiger partial charge < -0.3 is 48.3 Å². The lowest BCUT2D eigenvalue weighted by atomic mass is 9.81. The molecule has 4 aliphatic rings. The Morgan fingerprint density at radius 3 is 2.31 bits per heavy atom. The third kappa shape index (κ3) is 15.8. The minimum absolute atomic E-state index is 0.0198. The number of methoxy groups -OCH3 is 3. The van der Waals surface area contributed by atoms with E-state index in [1.807, 2.05) is 57.2 Å². The largest absolute Gasteiger partial charge is 0.464 e. The highest BCUT2D eigenvalue weighted by molar-refractivity contribution is 9.10. The van der Waals surface area contributed by atoms with Gasteiger partial charge in [-0.2, -0.15) is 0 Å². The van der Waals surface area contributed by atoms with Crippen LogP contribution in [0.2, 0.25) is 0 Å². The van der Waals surface area contributed by atoms with E-state index in [0.29, 0.717) is 75.3 Å². The number of carbonyl (C=O) groups excluding carboxylic acids is 5. The Bertz CT molecular complexity index is 2170. The van der Waals surface area contributed by atoms with Gasteiger partial charge in [-0.15, -0.1) is 18.9 Å². The first-order valence-corrected chi connectivity index (χ1v) is 27.3. The van der Waals surface area contributed by atoms with E-state index < -0.39 is 102 Å². The van der Waals surface area contributed by atoms with Gasteiger partial charge in [0.1, 0.15) is 24.0 Å².